The lowest BCUT2D eigenvalue weighted by Gasteiger charge is -2.34. The van der Waals surface area contributed by atoms with Crippen LogP contribution in [0.3, 0.4) is 0 Å². The third-order valence-corrected chi connectivity index (χ3v) is 8.60. The second-order valence-corrected chi connectivity index (χ2v) is 17.4. The smallest absolute Gasteiger partial charge is 0.471 e. The number of imidazole rings is 1. The predicted octanol–water partition coefficient (Wildman–Crippen LogP) is 4.82. The number of hydrogen-bond donors (Lipinski definition) is 1. The van der Waals surface area contributed by atoms with Crippen molar-refractivity contribution in [3.05, 3.63) is 60.2 Å². The number of ether oxygens (including phenoxy) is 3. The van der Waals surface area contributed by atoms with Gasteiger partial charge in [0.15, 0.2) is 6.17 Å². The molecule has 0 unspecified atom stereocenters. The van der Waals surface area contributed by atoms with E-state index < -0.39 is 44.3 Å². The van der Waals surface area contributed by atoms with E-state index in [4.69, 9.17) is 15.2 Å². The van der Waals surface area contributed by atoms with Gasteiger partial charge in [-0.15, -0.1) is 13.2 Å². The fourth-order valence-corrected chi connectivity index (χ4v) is 5.23. The van der Waals surface area contributed by atoms with Crippen LogP contribution in [0.15, 0.2) is 49.1 Å². The molecule has 4 rings (SSSR count). The van der Waals surface area contributed by atoms with Crippen molar-refractivity contribution in [2.45, 2.75) is 63.9 Å². The molecule has 2 aromatic heterocycles. The van der Waals surface area contributed by atoms with Crippen LogP contribution in [0.25, 0.3) is 11.3 Å². The number of primary amides is 1. The highest BCUT2D eigenvalue weighted by atomic mass is 28.3. The molecule has 3 heterocycles. The van der Waals surface area contributed by atoms with E-state index in [-0.39, 0.29) is 37.4 Å². The lowest BCUT2D eigenvalue weighted by molar-refractivity contribution is -0.274. The van der Waals surface area contributed by atoms with Gasteiger partial charge in [0.25, 0.3) is 5.91 Å². The SMILES string of the molecule is C[Si](C)(C)CCOCn1cnc(-c2cnc(O[C@H]3CCN(C(=O)Cc4ccc(OC(F)(F)F)cc4)C[C@H]3F)c(C(N)=O)c2)c1. The van der Waals surface area contributed by atoms with Crippen molar-refractivity contribution in [2.75, 3.05) is 19.7 Å². The fourth-order valence-electron chi connectivity index (χ4n) is 4.47. The van der Waals surface area contributed by atoms with Gasteiger partial charge in [0.1, 0.15) is 24.1 Å². The maximum absolute atomic E-state index is 15.2. The number of aromatic nitrogens is 3. The number of amides is 2. The largest absolute Gasteiger partial charge is 0.573 e. The van der Waals surface area contributed by atoms with E-state index >= 15 is 4.39 Å². The summed E-state index contributed by atoms with van der Waals surface area (Å²) in [7, 11) is -1.20. The summed E-state index contributed by atoms with van der Waals surface area (Å²) in [6, 6.07) is 7.43. The molecule has 44 heavy (non-hydrogen) atoms. The van der Waals surface area contributed by atoms with Crippen molar-refractivity contribution < 1.29 is 41.4 Å². The van der Waals surface area contributed by atoms with Gasteiger partial charge in [-0.2, -0.15) is 0 Å². The quantitative estimate of drug-likeness (QED) is 0.172. The second-order valence-electron chi connectivity index (χ2n) is 11.7. The Morgan fingerprint density at radius 1 is 1.14 bits per heavy atom. The number of pyridine rings is 1. The standard InChI is InChI=1S/C29H35F4N5O5Si/c1-44(2,3)11-10-41-18-37-16-24(36-17-37)20-13-22(27(34)40)28(35-14-20)42-25-8-9-38(15-23(25)30)26(39)12-19-4-6-21(7-5-19)43-29(31,32)33/h4-7,13-14,16-17,23,25H,8-12,15,18H2,1-3H3,(H2,34,40)/t23-,25+/m1/s1. The molecule has 2 N–H and O–H groups in total. The summed E-state index contributed by atoms with van der Waals surface area (Å²) in [6.45, 7) is 7.71. The second kappa shape index (κ2) is 13.8. The Morgan fingerprint density at radius 3 is 2.50 bits per heavy atom. The molecule has 0 aliphatic carbocycles. The lowest BCUT2D eigenvalue weighted by atomic mass is 10.0. The number of rotatable bonds is 12. The molecule has 238 valence electrons. The molecule has 1 saturated heterocycles. The van der Waals surface area contributed by atoms with Gasteiger partial charge >= 0.3 is 6.36 Å². The summed E-state index contributed by atoms with van der Waals surface area (Å²) >= 11 is 0. The highest BCUT2D eigenvalue weighted by molar-refractivity contribution is 6.76. The Kier molecular flexibility index (Phi) is 10.3. The maximum Gasteiger partial charge on any atom is 0.573 e. The summed E-state index contributed by atoms with van der Waals surface area (Å²) in [5.74, 6) is -1.72. The molecule has 1 aliphatic heterocycles. The zero-order valence-electron chi connectivity index (χ0n) is 24.6. The molecule has 1 aromatic carbocycles. The van der Waals surface area contributed by atoms with Crippen molar-refractivity contribution in [1.82, 2.24) is 19.4 Å². The van der Waals surface area contributed by atoms with E-state index in [0.717, 1.165) is 18.2 Å². The number of hydrogen-bond acceptors (Lipinski definition) is 7. The predicted molar refractivity (Wildman–Crippen MR) is 155 cm³/mol. The van der Waals surface area contributed by atoms with Crippen molar-refractivity contribution in [1.29, 1.82) is 0 Å². The zero-order chi connectivity index (χ0) is 32.1. The maximum atomic E-state index is 15.2. The van der Waals surface area contributed by atoms with Crippen LogP contribution in [-0.2, 0) is 22.7 Å². The van der Waals surface area contributed by atoms with E-state index in [0.29, 0.717) is 30.2 Å². The first-order valence-electron chi connectivity index (χ1n) is 14.0. The number of halogens is 4. The normalized spacial score (nSPS) is 17.4. The molecule has 2 atom stereocenters. The Morgan fingerprint density at radius 2 is 1.86 bits per heavy atom. The first-order chi connectivity index (χ1) is 20.7. The lowest BCUT2D eigenvalue weighted by Crippen LogP contribution is -2.49. The van der Waals surface area contributed by atoms with Crippen LogP contribution in [0.1, 0.15) is 22.3 Å². The first kappa shape index (κ1) is 32.9. The number of carbonyl (C=O) groups is 2. The van der Waals surface area contributed by atoms with Crippen LogP contribution in [0.4, 0.5) is 17.6 Å². The minimum absolute atomic E-state index is 0.0351. The zero-order valence-corrected chi connectivity index (χ0v) is 25.6. The molecular weight excluding hydrogens is 602 g/mol. The van der Waals surface area contributed by atoms with Crippen LogP contribution >= 0.6 is 0 Å². The van der Waals surface area contributed by atoms with Gasteiger partial charge < -0.3 is 29.4 Å². The number of carbonyl (C=O) groups excluding carboxylic acids is 2. The van der Waals surface area contributed by atoms with Gasteiger partial charge in [-0.1, -0.05) is 31.8 Å². The Bertz CT molecular complexity index is 1450. The van der Waals surface area contributed by atoms with Gasteiger partial charge in [0, 0.05) is 45.6 Å². The van der Waals surface area contributed by atoms with Gasteiger partial charge in [0.2, 0.25) is 11.8 Å². The van der Waals surface area contributed by atoms with Gasteiger partial charge in [-0.3, -0.25) is 9.59 Å². The summed E-state index contributed by atoms with van der Waals surface area (Å²) in [5.41, 5.74) is 7.06. The summed E-state index contributed by atoms with van der Waals surface area (Å²) in [5, 5.41) is 0. The molecular formula is C29H35F4N5O5Si. The highest BCUT2D eigenvalue weighted by Gasteiger charge is 2.34. The number of alkyl halides is 4. The monoisotopic (exact) mass is 637 g/mol. The minimum atomic E-state index is -4.82. The van der Waals surface area contributed by atoms with Gasteiger partial charge in [0.05, 0.1) is 25.0 Å². The van der Waals surface area contributed by atoms with Crippen LogP contribution in [0.5, 0.6) is 11.6 Å². The van der Waals surface area contributed by atoms with E-state index in [1.54, 1.807) is 17.1 Å². The summed E-state index contributed by atoms with van der Waals surface area (Å²) < 4.78 is 69.4. The number of benzene rings is 1. The number of likely N-dealkylation sites (tertiary alicyclic amines) is 1. The average Bonchev–Trinajstić information content (AvgIpc) is 3.41. The Hall–Kier alpha value is -3.98. The minimum Gasteiger partial charge on any atom is -0.471 e. The van der Waals surface area contributed by atoms with Gasteiger partial charge in [-0.25, -0.2) is 14.4 Å². The van der Waals surface area contributed by atoms with Crippen molar-refractivity contribution in [3.8, 4) is 22.9 Å². The first-order valence-corrected chi connectivity index (χ1v) is 17.7. The highest BCUT2D eigenvalue weighted by Crippen LogP contribution is 2.27. The van der Waals surface area contributed by atoms with Crippen LogP contribution in [0, 0.1) is 0 Å². The van der Waals surface area contributed by atoms with Gasteiger partial charge in [-0.05, 0) is 29.8 Å². The summed E-state index contributed by atoms with van der Waals surface area (Å²) in [6.07, 6.45) is -2.57. The molecule has 0 radical (unpaired) electrons. The molecule has 1 aliphatic rings. The molecule has 2 amide bonds. The molecule has 3 aromatic rings. The topological polar surface area (TPSA) is 122 Å². The number of nitrogens with zero attached hydrogens (tertiary/aromatic N) is 4. The number of nitrogens with two attached hydrogens (primary N) is 1. The van der Waals surface area contributed by atoms with Crippen molar-refractivity contribution >= 4 is 19.9 Å². The fraction of sp³-hybridized carbons (Fsp3) is 0.448. The van der Waals surface area contributed by atoms with Crippen LogP contribution in [0.2, 0.25) is 25.7 Å². The molecule has 15 heteroatoms. The summed E-state index contributed by atoms with van der Waals surface area (Å²) in [4.78, 5) is 34.9. The molecule has 0 saturated carbocycles. The number of piperidine rings is 1. The molecule has 1 fully saturated rings. The third kappa shape index (κ3) is 9.51. The van der Waals surface area contributed by atoms with E-state index in [1.807, 2.05) is 0 Å². The Balaban J connectivity index is 1.33. The average molecular weight is 638 g/mol. The molecule has 10 nitrogen and oxygen atoms in total. The van der Waals surface area contributed by atoms with E-state index in [9.17, 15) is 22.8 Å². The molecule has 0 bridgehead atoms. The van der Waals surface area contributed by atoms with E-state index in [1.165, 1.54) is 29.3 Å². The van der Waals surface area contributed by atoms with Crippen LogP contribution in [-0.4, -0.2) is 77.7 Å². The third-order valence-electron chi connectivity index (χ3n) is 6.89. The Labute approximate surface area is 253 Å². The molecule has 0 spiro atoms. The van der Waals surface area contributed by atoms with Crippen molar-refractivity contribution in [2.24, 2.45) is 5.73 Å². The van der Waals surface area contributed by atoms with Crippen molar-refractivity contribution in [3.63, 3.8) is 0 Å². The van der Waals surface area contributed by atoms with E-state index in [2.05, 4.69) is 34.3 Å². The van der Waals surface area contributed by atoms with Crippen LogP contribution < -0.4 is 15.2 Å².